The summed E-state index contributed by atoms with van der Waals surface area (Å²) >= 11 is 0. The lowest BCUT2D eigenvalue weighted by atomic mass is 10.1. The number of unbranched alkanes of at least 4 members (excludes halogenated alkanes) is 1. The Balaban J connectivity index is 2.19. The molecule has 0 spiro atoms. The summed E-state index contributed by atoms with van der Waals surface area (Å²) in [5.74, 6) is 0.715. The average Bonchev–Trinajstić information content (AvgIpc) is 2.85. The molecular weight excluding hydrogens is 447 g/mol. The molecule has 35 heavy (non-hydrogen) atoms. The molecule has 1 atom stereocenters. The molecule has 2 aromatic carbocycles. The number of benzene rings is 2. The highest BCUT2D eigenvalue weighted by atomic mass is 19.1. The monoisotopic (exact) mass is 486 g/mol. The molecule has 192 valence electrons. The van der Waals surface area contributed by atoms with Gasteiger partial charge in [0, 0.05) is 19.5 Å². The van der Waals surface area contributed by atoms with Crippen molar-refractivity contribution in [2.45, 2.75) is 72.4 Å². The third kappa shape index (κ3) is 8.89. The van der Waals surface area contributed by atoms with Gasteiger partial charge in [-0.05, 0) is 68.5 Å². The van der Waals surface area contributed by atoms with Gasteiger partial charge in [-0.3, -0.25) is 9.59 Å². The standard InChI is InChI=1S/C28H39FN2O4/c1-5-9-18-30-28(33)24(6-2)31(20-22-10-14-23(29)15-11-22)27(32)17-13-21-12-16-25(34-7-3)26(19-21)35-8-4/h10-12,14-16,19,24H,5-9,13,17-18,20H2,1-4H3,(H,30,33)/t24-/m0/s1. The maximum absolute atomic E-state index is 13.4. The van der Waals surface area contributed by atoms with Crippen molar-refractivity contribution in [1.29, 1.82) is 0 Å². The molecular formula is C28H39FN2O4. The van der Waals surface area contributed by atoms with E-state index in [1.54, 1.807) is 17.0 Å². The van der Waals surface area contributed by atoms with Crippen LogP contribution in [0.15, 0.2) is 42.5 Å². The lowest BCUT2D eigenvalue weighted by Gasteiger charge is -2.31. The molecule has 7 heteroatoms. The number of carbonyl (C=O) groups excluding carboxylic acids is 2. The van der Waals surface area contributed by atoms with E-state index in [0.717, 1.165) is 24.0 Å². The minimum absolute atomic E-state index is 0.126. The Kier molecular flexibility index (Phi) is 12.1. The van der Waals surface area contributed by atoms with Crippen LogP contribution in [0.4, 0.5) is 4.39 Å². The summed E-state index contributed by atoms with van der Waals surface area (Å²) in [4.78, 5) is 28.0. The van der Waals surface area contributed by atoms with E-state index in [4.69, 9.17) is 9.47 Å². The van der Waals surface area contributed by atoms with E-state index >= 15 is 0 Å². The number of nitrogens with zero attached hydrogens (tertiary/aromatic N) is 1. The quantitative estimate of drug-likeness (QED) is 0.348. The molecule has 0 saturated heterocycles. The number of hydrogen-bond acceptors (Lipinski definition) is 4. The van der Waals surface area contributed by atoms with Crippen LogP contribution in [0.25, 0.3) is 0 Å². The second-order valence-electron chi connectivity index (χ2n) is 8.36. The smallest absolute Gasteiger partial charge is 0.242 e. The van der Waals surface area contributed by atoms with Crippen LogP contribution in [0, 0.1) is 5.82 Å². The Labute approximate surface area is 208 Å². The Hall–Kier alpha value is -3.09. The normalized spacial score (nSPS) is 11.6. The zero-order valence-electron chi connectivity index (χ0n) is 21.4. The number of halogens is 1. The maximum Gasteiger partial charge on any atom is 0.242 e. The summed E-state index contributed by atoms with van der Waals surface area (Å²) in [5.41, 5.74) is 1.73. The fourth-order valence-corrected chi connectivity index (χ4v) is 3.86. The van der Waals surface area contributed by atoms with Crippen LogP contribution in [-0.2, 0) is 22.6 Å². The average molecular weight is 487 g/mol. The number of carbonyl (C=O) groups is 2. The molecule has 0 aliphatic rings. The zero-order valence-corrected chi connectivity index (χ0v) is 21.4. The second kappa shape index (κ2) is 15.0. The molecule has 2 rings (SSSR count). The van der Waals surface area contributed by atoms with Gasteiger partial charge in [0.25, 0.3) is 0 Å². The van der Waals surface area contributed by atoms with Gasteiger partial charge in [-0.15, -0.1) is 0 Å². The van der Waals surface area contributed by atoms with E-state index in [9.17, 15) is 14.0 Å². The molecule has 0 aliphatic heterocycles. The van der Waals surface area contributed by atoms with E-state index in [1.807, 2.05) is 39.0 Å². The molecule has 6 nitrogen and oxygen atoms in total. The van der Waals surface area contributed by atoms with Gasteiger partial charge in [0.15, 0.2) is 11.5 Å². The number of amides is 2. The van der Waals surface area contributed by atoms with Crippen LogP contribution in [0.5, 0.6) is 11.5 Å². The van der Waals surface area contributed by atoms with Crippen molar-refractivity contribution in [2.24, 2.45) is 0 Å². The molecule has 2 amide bonds. The first kappa shape index (κ1) is 28.1. The summed E-state index contributed by atoms with van der Waals surface area (Å²) in [5, 5.41) is 2.96. The molecule has 0 radical (unpaired) electrons. The van der Waals surface area contributed by atoms with Gasteiger partial charge in [-0.1, -0.05) is 38.5 Å². The van der Waals surface area contributed by atoms with Gasteiger partial charge in [-0.2, -0.15) is 0 Å². The summed E-state index contributed by atoms with van der Waals surface area (Å²) in [6.07, 6.45) is 3.08. The second-order valence-corrected chi connectivity index (χ2v) is 8.36. The highest BCUT2D eigenvalue weighted by molar-refractivity contribution is 5.87. The number of rotatable bonds is 15. The van der Waals surface area contributed by atoms with Gasteiger partial charge in [0.1, 0.15) is 11.9 Å². The number of nitrogens with one attached hydrogen (secondary N) is 1. The van der Waals surface area contributed by atoms with E-state index < -0.39 is 6.04 Å². The van der Waals surface area contributed by atoms with Crippen molar-refractivity contribution in [3.63, 3.8) is 0 Å². The highest BCUT2D eigenvalue weighted by Crippen LogP contribution is 2.29. The largest absolute Gasteiger partial charge is 0.490 e. The van der Waals surface area contributed by atoms with E-state index in [2.05, 4.69) is 12.2 Å². The first-order valence-electron chi connectivity index (χ1n) is 12.6. The van der Waals surface area contributed by atoms with Crippen molar-refractivity contribution in [3.8, 4) is 11.5 Å². The van der Waals surface area contributed by atoms with Crippen molar-refractivity contribution in [3.05, 3.63) is 59.4 Å². The van der Waals surface area contributed by atoms with E-state index in [1.165, 1.54) is 12.1 Å². The number of aryl methyl sites for hydroxylation is 1. The van der Waals surface area contributed by atoms with Crippen LogP contribution < -0.4 is 14.8 Å². The number of ether oxygens (including phenoxy) is 2. The lowest BCUT2D eigenvalue weighted by Crippen LogP contribution is -2.49. The predicted molar refractivity (Wildman–Crippen MR) is 136 cm³/mol. The molecule has 0 fully saturated rings. The van der Waals surface area contributed by atoms with Gasteiger partial charge >= 0.3 is 0 Å². The Morgan fingerprint density at radius 2 is 1.60 bits per heavy atom. The van der Waals surface area contributed by atoms with Crippen LogP contribution in [0.1, 0.15) is 64.5 Å². The van der Waals surface area contributed by atoms with Crippen molar-refractivity contribution in [2.75, 3.05) is 19.8 Å². The minimum Gasteiger partial charge on any atom is -0.490 e. The van der Waals surface area contributed by atoms with Gasteiger partial charge in [0.05, 0.1) is 13.2 Å². The van der Waals surface area contributed by atoms with Gasteiger partial charge in [0.2, 0.25) is 11.8 Å². The molecule has 0 aromatic heterocycles. The van der Waals surface area contributed by atoms with Crippen LogP contribution in [0.3, 0.4) is 0 Å². The number of hydrogen-bond donors (Lipinski definition) is 1. The molecule has 0 bridgehead atoms. The van der Waals surface area contributed by atoms with Crippen molar-refractivity contribution in [1.82, 2.24) is 10.2 Å². The summed E-state index contributed by atoms with van der Waals surface area (Å²) in [6, 6.07) is 11.1. The molecule has 0 saturated carbocycles. The molecule has 2 aromatic rings. The van der Waals surface area contributed by atoms with Crippen LogP contribution in [0.2, 0.25) is 0 Å². The van der Waals surface area contributed by atoms with Crippen LogP contribution >= 0.6 is 0 Å². The van der Waals surface area contributed by atoms with Gasteiger partial charge < -0.3 is 19.7 Å². The predicted octanol–water partition coefficient (Wildman–Crippen LogP) is 5.28. The molecule has 0 heterocycles. The van der Waals surface area contributed by atoms with Crippen molar-refractivity contribution < 1.29 is 23.5 Å². The summed E-state index contributed by atoms with van der Waals surface area (Å²) in [6.45, 7) is 9.66. The minimum atomic E-state index is -0.594. The zero-order chi connectivity index (χ0) is 25.6. The van der Waals surface area contributed by atoms with E-state index in [0.29, 0.717) is 44.1 Å². The summed E-state index contributed by atoms with van der Waals surface area (Å²) < 4.78 is 24.7. The van der Waals surface area contributed by atoms with E-state index in [-0.39, 0.29) is 30.6 Å². The van der Waals surface area contributed by atoms with Crippen LogP contribution in [-0.4, -0.2) is 42.5 Å². The first-order chi connectivity index (χ1) is 16.9. The van der Waals surface area contributed by atoms with Gasteiger partial charge in [-0.25, -0.2) is 4.39 Å². The van der Waals surface area contributed by atoms with Crippen molar-refractivity contribution >= 4 is 11.8 Å². The fourth-order valence-electron chi connectivity index (χ4n) is 3.86. The maximum atomic E-state index is 13.4. The molecule has 1 N–H and O–H groups in total. The third-order valence-corrected chi connectivity index (χ3v) is 5.72. The Morgan fingerprint density at radius 1 is 0.943 bits per heavy atom. The highest BCUT2D eigenvalue weighted by Gasteiger charge is 2.28. The molecule has 0 aliphatic carbocycles. The Morgan fingerprint density at radius 3 is 2.23 bits per heavy atom. The molecule has 0 unspecified atom stereocenters. The summed E-state index contributed by atoms with van der Waals surface area (Å²) in [7, 11) is 0. The SMILES string of the molecule is CCCCNC(=O)[C@H](CC)N(Cc1ccc(F)cc1)C(=O)CCc1ccc(OCC)c(OCC)c1. The third-order valence-electron chi connectivity index (χ3n) is 5.72. The lowest BCUT2D eigenvalue weighted by molar-refractivity contribution is -0.141. The Bertz CT molecular complexity index is 933. The first-order valence-corrected chi connectivity index (χ1v) is 12.6. The fraction of sp³-hybridized carbons (Fsp3) is 0.500. The topological polar surface area (TPSA) is 67.9 Å².